The van der Waals surface area contributed by atoms with E-state index in [0.29, 0.717) is 24.7 Å². The van der Waals surface area contributed by atoms with Crippen molar-refractivity contribution in [3.05, 3.63) is 47.1 Å². The summed E-state index contributed by atoms with van der Waals surface area (Å²) in [5.41, 5.74) is 9.08. The summed E-state index contributed by atoms with van der Waals surface area (Å²) in [5, 5.41) is 10.0. The lowest BCUT2D eigenvalue weighted by molar-refractivity contribution is -0.128. The molecule has 3 N–H and O–H groups in total. The van der Waals surface area contributed by atoms with Gasteiger partial charge in [0.1, 0.15) is 23.6 Å². The van der Waals surface area contributed by atoms with Crippen LogP contribution in [0.25, 0.3) is 0 Å². The van der Waals surface area contributed by atoms with Crippen LogP contribution in [-0.4, -0.2) is 64.7 Å². The molecule has 0 aliphatic carbocycles. The number of carbonyl (C=O) groups is 1. The predicted molar refractivity (Wildman–Crippen MR) is 121 cm³/mol. The number of amides is 1. The van der Waals surface area contributed by atoms with E-state index in [2.05, 4.69) is 42.6 Å². The van der Waals surface area contributed by atoms with Crippen molar-refractivity contribution in [2.24, 2.45) is 0 Å². The average Bonchev–Trinajstić information content (AvgIpc) is 3.24. The van der Waals surface area contributed by atoms with Crippen LogP contribution in [0.1, 0.15) is 50.2 Å². The second kappa shape index (κ2) is 9.18. The molecule has 2 unspecified atom stereocenters. The van der Waals surface area contributed by atoms with Gasteiger partial charge in [0.25, 0.3) is 5.91 Å². The topological polar surface area (TPSA) is 84.0 Å². The zero-order valence-corrected chi connectivity index (χ0v) is 18.8. The molecular weight excluding hydrogens is 392 g/mol. The second-order valence-corrected chi connectivity index (χ2v) is 8.70. The first-order valence-electron chi connectivity index (χ1n) is 11.4. The number of piperazine rings is 1. The van der Waals surface area contributed by atoms with Crippen molar-refractivity contribution in [2.75, 3.05) is 37.6 Å². The summed E-state index contributed by atoms with van der Waals surface area (Å²) in [6.45, 7) is 10.2. The summed E-state index contributed by atoms with van der Waals surface area (Å²) >= 11 is 0. The van der Waals surface area contributed by atoms with Gasteiger partial charge >= 0.3 is 0 Å². The van der Waals surface area contributed by atoms with Crippen molar-refractivity contribution in [2.45, 2.75) is 52.2 Å². The van der Waals surface area contributed by atoms with E-state index in [9.17, 15) is 9.90 Å². The number of anilines is 1. The first-order chi connectivity index (χ1) is 15.0. The van der Waals surface area contributed by atoms with Gasteiger partial charge in [-0.3, -0.25) is 15.6 Å². The lowest BCUT2D eigenvalue weighted by Gasteiger charge is -2.37. The van der Waals surface area contributed by atoms with Crippen molar-refractivity contribution < 1.29 is 9.90 Å². The number of aliphatic hydroxyl groups excluding tert-OH is 1. The number of aryl methyl sites for hydroxylation is 1. The van der Waals surface area contributed by atoms with Crippen molar-refractivity contribution >= 4 is 11.7 Å². The average molecular weight is 427 g/mol. The van der Waals surface area contributed by atoms with E-state index in [4.69, 9.17) is 4.98 Å². The SMILES string of the molecule is CCC(C)c1cnc(N2CCN(C(=O)C3=CC=C(N4CCCC4O)NN3)CC2)c(C)c1. The molecule has 0 aromatic carbocycles. The molecule has 8 heteroatoms. The van der Waals surface area contributed by atoms with E-state index in [1.54, 1.807) is 6.08 Å². The first-order valence-corrected chi connectivity index (χ1v) is 11.4. The van der Waals surface area contributed by atoms with Crippen molar-refractivity contribution in [3.8, 4) is 0 Å². The highest BCUT2D eigenvalue weighted by Gasteiger charge is 2.28. The molecular formula is C23H34N6O2. The zero-order valence-electron chi connectivity index (χ0n) is 18.8. The molecule has 0 saturated carbocycles. The van der Waals surface area contributed by atoms with E-state index in [1.807, 2.05) is 22.1 Å². The molecule has 4 heterocycles. The molecule has 2 saturated heterocycles. The smallest absolute Gasteiger partial charge is 0.271 e. The first kappa shape index (κ1) is 21.5. The van der Waals surface area contributed by atoms with E-state index in [0.717, 1.165) is 50.5 Å². The molecule has 0 bridgehead atoms. The summed E-state index contributed by atoms with van der Waals surface area (Å²) in [4.78, 5) is 23.7. The lowest BCUT2D eigenvalue weighted by atomic mass is 9.99. The number of likely N-dealkylation sites (tertiary alicyclic amines) is 1. The number of carbonyl (C=O) groups excluding carboxylic acids is 1. The van der Waals surface area contributed by atoms with Gasteiger partial charge in [-0.25, -0.2) is 4.98 Å². The number of aromatic nitrogens is 1. The number of allylic oxidation sites excluding steroid dienone is 2. The van der Waals surface area contributed by atoms with Crippen molar-refractivity contribution in [3.63, 3.8) is 0 Å². The minimum atomic E-state index is -0.462. The zero-order chi connectivity index (χ0) is 22.0. The Morgan fingerprint density at radius 3 is 2.58 bits per heavy atom. The summed E-state index contributed by atoms with van der Waals surface area (Å²) in [5.74, 6) is 2.32. The molecule has 1 amide bonds. The monoisotopic (exact) mass is 426 g/mol. The Bertz CT molecular complexity index is 875. The van der Waals surface area contributed by atoms with Crippen LogP contribution in [0, 0.1) is 6.92 Å². The van der Waals surface area contributed by atoms with E-state index in [1.165, 1.54) is 11.1 Å². The number of rotatable bonds is 5. The van der Waals surface area contributed by atoms with Crippen LogP contribution in [0.2, 0.25) is 0 Å². The highest BCUT2D eigenvalue weighted by Crippen LogP contribution is 2.25. The number of nitrogens with zero attached hydrogens (tertiary/aromatic N) is 4. The minimum absolute atomic E-state index is 0.0128. The number of aliphatic hydroxyl groups is 1. The van der Waals surface area contributed by atoms with Crippen LogP contribution >= 0.6 is 0 Å². The number of pyridine rings is 1. The van der Waals surface area contributed by atoms with E-state index >= 15 is 0 Å². The normalized spacial score (nSPS) is 22.5. The van der Waals surface area contributed by atoms with Crippen LogP contribution in [-0.2, 0) is 4.79 Å². The molecule has 31 heavy (non-hydrogen) atoms. The Morgan fingerprint density at radius 2 is 2.00 bits per heavy atom. The molecule has 3 aliphatic rings. The molecule has 0 spiro atoms. The Kier molecular flexibility index (Phi) is 6.36. The summed E-state index contributed by atoms with van der Waals surface area (Å²) < 4.78 is 0. The maximum atomic E-state index is 12.9. The third kappa shape index (κ3) is 4.49. The maximum absolute atomic E-state index is 12.9. The number of hydrazine groups is 1. The third-order valence-electron chi connectivity index (χ3n) is 6.61. The largest absolute Gasteiger partial charge is 0.374 e. The molecule has 0 radical (unpaired) electrons. The summed E-state index contributed by atoms with van der Waals surface area (Å²) in [7, 11) is 0. The standard InChI is InChI=1S/C23H34N6O2/c1-4-16(2)18-14-17(3)22(24-15-18)27-10-12-28(13-11-27)23(31)19-7-8-20(26-25-19)29-9-5-6-21(29)30/h7-8,14-16,21,25-26,30H,4-6,9-13H2,1-3H3. The molecule has 4 rings (SSSR count). The van der Waals surface area contributed by atoms with Crippen LogP contribution < -0.4 is 15.8 Å². The Morgan fingerprint density at radius 1 is 1.23 bits per heavy atom. The number of nitrogens with one attached hydrogen (secondary N) is 2. The highest BCUT2D eigenvalue weighted by molar-refractivity contribution is 5.93. The van der Waals surface area contributed by atoms with Gasteiger partial charge in [-0.2, -0.15) is 0 Å². The van der Waals surface area contributed by atoms with Gasteiger partial charge in [0.05, 0.1) is 0 Å². The molecule has 8 nitrogen and oxygen atoms in total. The van der Waals surface area contributed by atoms with E-state index in [-0.39, 0.29) is 5.91 Å². The van der Waals surface area contributed by atoms with Crippen LogP contribution in [0.15, 0.2) is 35.9 Å². The van der Waals surface area contributed by atoms with Crippen molar-refractivity contribution in [1.82, 2.24) is 25.6 Å². The van der Waals surface area contributed by atoms with Gasteiger partial charge in [-0.05, 0) is 55.4 Å². The molecule has 168 valence electrons. The number of hydrogen-bond acceptors (Lipinski definition) is 7. The summed E-state index contributed by atoms with van der Waals surface area (Å²) in [6.07, 6.45) is 8.04. The van der Waals surface area contributed by atoms with Crippen LogP contribution in [0.3, 0.4) is 0 Å². The second-order valence-electron chi connectivity index (χ2n) is 8.70. The number of hydrogen-bond donors (Lipinski definition) is 3. The molecule has 1 aromatic heterocycles. The minimum Gasteiger partial charge on any atom is -0.374 e. The van der Waals surface area contributed by atoms with Gasteiger partial charge in [-0.1, -0.05) is 19.9 Å². The van der Waals surface area contributed by atoms with Gasteiger partial charge < -0.3 is 19.8 Å². The Labute approximate surface area is 184 Å². The quantitative estimate of drug-likeness (QED) is 0.662. The van der Waals surface area contributed by atoms with E-state index < -0.39 is 6.23 Å². The highest BCUT2D eigenvalue weighted by atomic mass is 16.3. The van der Waals surface area contributed by atoms with Crippen LogP contribution in [0.5, 0.6) is 0 Å². The summed E-state index contributed by atoms with van der Waals surface area (Å²) in [6, 6.07) is 2.25. The molecule has 1 aromatic rings. The molecule has 3 aliphatic heterocycles. The van der Waals surface area contributed by atoms with Gasteiger partial charge in [0, 0.05) is 38.9 Å². The Balaban J connectivity index is 1.35. The third-order valence-corrected chi connectivity index (χ3v) is 6.61. The van der Waals surface area contributed by atoms with Crippen molar-refractivity contribution in [1.29, 1.82) is 0 Å². The Hall–Kier alpha value is -2.74. The fourth-order valence-electron chi connectivity index (χ4n) is 4.42. The van der Waals surface area contributed by atoms with Gasteiger partial charge in [0.2, 0.25) is 0 Å². The van der Waals surface area contributed by atoms with Gasteiger partial charge in [0.15, 0.2) is 0 Å². The van der Waals surface area contributed by atoms with Crippen LogP contribution in [0.4, 0.5) is 5.82 Å². The fourth-order valence-corrected chi connectivity index (χ4v) is 4.42. The van der Waals surface area contributed by atoms with Gasteiger partial charge in [-0.15, -0.1) is 0 Å². The maximum Gasteiger partial charge on any atom is 0.271 e. The molecule has 2 fully saturated rings. The lowest BCUT2D eigenvalue weighted by Crippen LogP contribution is -2.52. The fraction of sp³-hybridized carbons (Fsp3) is 0.565. The molecule has 2 atom stereocenters. The predicted octanol–water partition coefficient (Wildman–Crippen LogP) is 1.80.